The molecule has 6 nitrogen and oxygen atoms in total. The molecule has 162 valence electrons. The lowest BCUT2D eigenvalue weighted by molar-refractivity contribution is -0.114. The van der Waals surface area contributed by atoms with Crippen molar-refractivity contribution in [3.63, 3.8) is 0 Å². The van der Waals surface area contributed by atoms with Gasteiger partial charge in [-0.3, -0.25) is 9.10 Å². The second-order valence-corrected chi connectivity index (χ2v) is 9.35. The number of carbonyl (C=O) groups is 1. The van der Waals surface area contributed by atoms with Crippen molar-refractivity contribution in [2.45, 2.75) is 11.8 Å². The van der Waals surface area contributed by atoms with E-state index in [1.165, 1.54) is 37.4 Å². The number of carbonyl (C=O) groups excluding carboxylic acids is 1. The van der Waals surface area contributed by atoms with Gasteiger partial charge in [-0.15, -0.1) is 0 Å². The van der Waals surface area contributed by atoms with Crippen LogP contribution in [-0.4, -0.2) is 28.0 Å². The number of hydrogen-bond donors (Lipinski definition) is 1. The third-order valence-corrected chi connectivity index (χ3v) is 6.97. The topological polar surface area (TPSA) is 75.7 Å². The molecule has 3 aromatic carbocycles. The molecule has 0 fully saturated rings. The van der Waals surface area contributed by atoms with Gasteiger partial charge in [-0.1, -0.05) is 47.5 Å². The Kier molecular flexibility index (Phi) is 7.10. The maximum Gasteiger partial charge on any atom is 0.264 e. The SMILES string of the molecule is COc1ccc(C)cc1NC(=O)CN(c1ccc(Cl)c(Cl)c1)S(=O)(=O)c1ccccc1. The number of nitrogens with zero attached hydrogens (tertiary/aromatic N) is 1. The van der Waals surface area contributed by atoms with Crippen molar-refractivity contribution in [1.29, 1.82) is 0 Å². The van der Waals surface area contributed by atoms with Crippen LogP contribution in [0.3, 0.4) is 0 Å². The van der Waals surface area contributed by atoms with Crippen molar-refractivity contribution in [2.75, 3.05) is 23.3 Å². The molecule has 0 atom stereocenters. The molecular formula is C22H20Cl2N2O4S. The lowest BCUT2D eigenvalue weighted by Gasteiger charge is -2.24. The fraction of sp³-hybridized carbons (Fsp3) is 0.136. The van der Waals surface area contributed by atoms with E-state index in [9.17, 15) is 13.2 Å². The molecule has 0 aromatic heterocycles. The van der Waals surface area contributed by atoms with E-state index in [0.29, 0.717) is 11.4 Å². The molecule has 0 radical (unpaired) electrons. The number of nitrogens with one attached hydrogen (secondary N) is 1. The zero-order chi connectivity index (χ0) is 22.6. The molecule has 1 N–H and O–H groups in total. The zero-order valence-electron chi connectivity index (χ0n) is 16.8. The van der Waals surface area contributed by atoms with Crippen LogP contribution in [0.25, 0.3) is 0 Å². The average Bonchev–Trinajstić information content (AvgIpc) is 2.75. The Labute approximate surface area is 191 Å². The molecule has 0 saturated heterocycles. The van der Waals surface area contributed by atoms with Gasteiger partial charge in [0.05, 0.1) is 33.4 Å². The minimum absolute atomic E-state index is 0.0435. The van der Waals surface area contributed by atoms with Crippen LogP contribution >= 0.6 is 23.2 Å². The van der Waals surface area contributed by atoms with E-state index in [0.717, 1.165) is 9.87 Å². The zero-order valence-corrected chi connectivity index (χ0v) is 19.1. The van der Waals surface area contributed by atoms with Crippen LogP contribution in [0.4, 0.5) is 11.4 Å². The Balaban J connectivity index is 1.98. The molecule has 0 unspecified atom stereocenters. The van der Waals surface area contributed by atoms with Gasteiger partial charge >= 0.3 is 0 Å². The predicted octanol–water partition coefficient (Wildman–Crippen LogP) is 5.14. The van der Waals surface area contributed by atoms with E-state index in [4.69, 9.17) is 27.9 Å². The Morgan fingerprint density at radius 1 is 1.00 bits per heavy atom. The first kappa shape index (κ1) is 22.9. The van der Waals surface area contributed by atoms with Gasteiger partial charge in [-0.05, 0) is 55.0 Å². The second kappa shape index (κ2) is 9.60. The molecular weight excluding hydrogens is 459 g/mol. The molecule has 0 heterocycles. The van der Waals surface area contributed by atoms with Crippen LogP contribution in [-0.2, 0) is 14.8 Å². The molecule has 3 aromatic rings. The van der Waals surface area contributed by atoms with Gasteiger partial charge in [0.1, 0.15) is 12.3 Å². The fourth-order valence-corrected chi connectivity index (χ4v) is 4.64. The molecule has 0 saturated carbocycles. The minimum atomic E-state index is -4.06. The first-order valence-corrected chi connectivity index (χ1v) is 11.4. The van der Waals surface area contributed by atoms with Crippen molar-refractivity contribution >= 4 is 50.5 Å². The minimum Gasteiger partial charge on any atom is -0.495 e. The van der Waals surface area contributed by atoms with Crippen molar-refractivity contribution in [1.82, 2.24) is 0 Å². The second-order valence-electron chi connectivity index (χ2n) is 6.68. The first-order valence-electron chi connectivity index (χ1n) is 9.19. The Hall–Kier alpha value is -2.74. The van der Waals surface area contributed by atoms with Gasteiger partial charge in [-0.25, -0.2) is 8.42 Å². The van der Waals surface area contributed by atoms with E-state index in [-0.39, 0.29) is 20.6 Å². The monoisotopic (exact) mass is 478 g/mol. The molecule has 0 spiro atoms. The van der Waals surface area contributed by atoms with Gasteiger partial charge in [0.2, 0.25) is 5.91 Å². The first-order chi connectivity index (χ1) is 14.7. The number of amides is 1. The molecule has 1 amide bonds. The number of aryl methyl sites for hydroxylation is 1. The summed E-state index contributed by atoms with van der Waals surface area (Å²) in [5, 5.41) is 3.17. The largest absolute Gasteiger partial charge is 0.495 e. The van der Waals surface area contributed by atoms with E-state index in [1.54, 1.807) is 30.3 Å². The number of hydrogen-bond acceptors (Lipinski definition) is 4. The summed E-state index contributed by atoms with van der Waals surface area (Å²) in [6.45, 7) is 1.39. The number of rotatable bonds is 7. The third-order valence-electron chi connectivity index (χ3n) is 4.44. The van der Waals surface area contributed by atoms with E-state index >= 15 is 0 Å². The quantitative estimate of drug-likeness (QED) is 0.509. The van der Waals surface area contributed by atoms with Crippen LogP contribution in [0.5, 0.6) is 5.75 Å². The van der Waals surface area contributed by atoms with Crippen LogP contribution in [0.15, 0.2) is 71.6 Å². The normalized spacial score (nSPS) is 11.1. The number of ether oxygens (including phenoxy) is 1. The van der Waals surface area contributed by atoms with Gasteiger partial charge < -0.3 is 10.1 Å². The highest BCUT2D eigenvalue weighted by Gasteiger charge is 2.28. The van der Waals surface area contributed by atoms with Crippen LogP contribution in [0.2, 0.25) is 10.0 Å². The summed E-state index contributed by atoms with van der Waals surface area (Å²) in [7, 11) is -2.57. The lowest BCUT2D eigenvalue weighted by atomic mass is 10.2. The highest BCUT2D eigenvalue weighted by molar-refractivity contribution is 7.92. The summed E-state index contributed by atoms with van der Waals surface area (Å²) in [5.74, 6) is -0.0829. The van der Waals surface area contributed by atoms with E-state index in [1.807, 2.05) is 13.0 Å². The number of sulfonamides is 1. The third kappa shape index (κ3) is 5.31. The molecule has 0 bridgehead atoms. The van der Waals surface area contributed by atoms with Crippen molar-refractivity contribution in [2.24, 2.45) is 0 Å². The molecule has 3 rings (SSSR count). The summed E-state index contributed by atoms with van der Waals surface area (Å²) in [4.78, 5) is 12.9. The van der Waals surface area contributed by atoms with Crippen LogP contribution < -0.4 is 14.4 Å². The number of methoxy groups -OCH3 is 1. The van der Waals surface area contributed by atoms with Crippen LogP contribution in [0.1, 0.15) is 5.56 Å². The van der Waals surface area contributed by atoms with E-state index < -0.39 is 22.5 Å². The van der Waals surface area contributed by atoms with Gasteiger partial charge in [0.25, 0.3) is 10.0 Å². The summed E-state index contributed by atoms with van der Waals surface area (Å²) < 4.78 is 32.9. The van der Waals surface area contributed by atoms with E-state index in [2.05, 4.69) is 5.32 Å². The fourth-order valence-electron chi connectivity index (χ4n) is 2.91. The van der Waals surface area contributed by atoms with Gasteiger partial charge in [0.15, 0.2) is 0 Å². The standard InChI is InChI=1S/C22H20Cl2N2O4S/c1-15-8-11-21(30-2)20(12-15)25-22(27)14-26(16-9-10-18(23)19(24)13-16)31(28,29)17-6-4-3-5-7-17/h3-13H,14H2,1-2H3,(H,25,27). The van der Waals surface area contributed by atoms with Gasteiger partial charge in [0, 0.05) is 0 Å². The predicted molar refractivity (Wildman–Crippen MR) is 124 cm³/mol. The summed E-state index contributed by atoms with van der Waals surface area (Å²) in [6, 6.07) is 17.5. The van der Waals surface area contributed by atoms with Gasteiger partial charge in [-0.2, -0.15) is 0 Å². The maximum absolute atomic E-state index is 13.3. The van der Waals surface area contributed by atoms with Crippen molar-refractivity contribution in [3.8, 4) is 5.75 Å². The lowest BCUT2D eigenvalue weighted by Crippen LogP contribution is -2.38. The summed E-state index contributed by atoms with van der Waals surface area (Å²) in [6.07, 6.45) is 0. The Morgan fingerprint density at radius 3 is 2.35 bits per heavy atom. The smallest absolute Gasteiger partial charge is 0.264 e. The molecule has 0 aliphatic heterocycles. The summed E-state index contributed by atoms with van der Waals surface area (Å²) >= 11 is 12.1. The highest BCUT2D eigenvalue weighted by Crippen LogP contribution is 2.31. The van der Waals surface area contributed by atoms with Crippen molar-refractivity contribution in [3.05, 3.63) is 82.3 Å². The maximum atomic E-state index is 13.3. The Bertz CT molecular complexity index is 1200. The number of anilines is 2. The Morgan fingerprint density at radius 2 is 1.71 bits per heavy atom. The highest BCUT2D eigenvalue weighted by atomic mass is 35.5. The number of halogens is 2. The summed E-state index contributed by atoms with van der Waals surface area (Å²) in [5.41, 5.74) is 1.57. The van der Waals surface area contributed by atoms with Crippen LogP contribution in [0, 0.1) is 6.92 Å². The molecule has 31 heavy (non-hydrogen) atoms. The molecule has 0 aliphatic rings. The van der Waals surface area contributed by atoms with Crippen molar-refractivity contribution < 1.29 is 17.9 Å². The molecule has 0 aliphatic carbocycles. The average molecular weight is 479 g/mol. The molecule has 9 heteroatoms. The number of benzene rings is 3.